The molecule has 1 heterocycles. The lowest BCUT2D eigenvalue weighted by atomic mass is 10.1. The summed E-state index contributed by atoms with van der Waals surface area (Å²) in [4.78, 5) is 0. The largest absolute Gasteiger partial charge is 0.431 e. The van der Waals surface area contributed by atoms with E-state index in [9.17, 15) is 0 Å². The average Bonchev–Trinajstić information content (AvgIpc) is 2.41. The Bertz CT molecular complexity index is 717. The second-order valence-electron chi connectivity index (χ2n) is 5.42. The summed E-state index contributed by atoms with van der Waals surface area (Å²) >= 11 is 0. The van der Waals surface area contributed by atoms with Gasteiger partial charge in [-0.15, -0.1) is 0 Å². The fourth-order valence-corrected chi connectivity index (χ4v) is 2.62. The third kappa shape index (κ3) is 2.09. The first-order valence-electron chi connectivity index (χ1n) is 6.85. The van der Waals surface area contributed by atoms with Gasteiger partial charge in [-0.25, -0.2) is 0 Å². The number of azo groups is 2. The molecular weight excluding hydrogens is 248 g/mol. The lowest BCUT2D eigenvalue weighted by molar-refractivity contribution is -0.545. The number of rotatable bonds is 1. The first kappa shape index (κ1) is 12.9. The van der Waals surface area contributed by atoms with Crippen LogP contribution in [0.1, 0.15) is 22.3 Å². The molecule has 0 radical (unpaired) electrons. The zero-order valence-electron chi connectivity index (χ0n) is 12.4. The smallest absolute Gasteiger partial charge is 0.317 e. The quantitative estimate of drug-likeness (QED) is 0.687. The lowest BCUT2D eigenvalue weighted by Crippen LogP contribution is -2.16. The van der Waals surface area contributed by atoms with Crippen LogP contribution in [0.15, 0.2) is 35.4 Å². The number of aryl methyl sites for hydroxylation is 3. The van der Waals surface area contributed by atoms with Crippen LogP contribution in [0.4, 0.5) is 11.4 Å². The molecule has 0 saturated heterocycles. The molecule has 1 aliphatic rings. The maximum Gasteiger partial charge on any atom is 0.317 e. The fraction of sp³-hybridized carbons (Fsp3) is 0.294. The van der Waals surface area contributed by atoms with Gasteiger partial charge in [0.2, 0.25) is 5.69 Å². The molecule has 0 fully saturated rings. The molecule has 0 unspecified atom stereocenters. The average molecular weight is 267 g/mol. The molecule has 2 aromatic carbocycles. The van der Waals surface area contributed by atoms with Crippen molar-refractivity contribution in [2.75, 3.05) is 6.73 Å². The SMILES string of the molecule is Cc1cc(C)c2c(c1)N=[N+](c1cccc(C)c1C)CO2. The van der Waals surface area contributed by atoms with Crippen molar-refractivity contribution < 1.29 is 9.43 Å². The van der Waals surface area contributed by atoms with Crippen LogP contribution in [-0.2, 0) is 0 Å². The monoisotopic (exact) mass is 267 g/mol. The molecule has 3 heteroatoms. The summed E-state index contributed by atoms with van der Waals surface area (Å²) in [6.07, 6.45) is 0. The van der Waals surface area contributed by atoms with Gasteiger partial charge in [-0.3, -0.25) is 0 Å². The zero-order valence-corrected chi connectivity index (χ0v) is 12.4. The highest BCUT2D eigenvalue weighted by Gasteiger charge is 2.24. The van der Waals surface area contributed by atoms with Crippen molar-refractivity contribution in [3.63, 3.8) is 0 Å². The van der Waals surface area contributed by atoms with Gasteiger partial charge in [-0.2, -0.15) is 0 Å². The highest BCUT2D eigenvalue weighted by Crippen LogP contribution is 2.37. The van der Waals surface area contributed by atoms with Gasteiger partial charge in [0.1, 0.15) is 0 Å². The molecule has 0 bridgehead atoms. The van der Waals surface area contributed by atoms with Crippen LogP contribution < -0.4 is 4.74 Å². The Morgan fingerprint density at radius 3 is 2.65 bits per heavy atom. The third-order valence-corrected chi connectivity index (χ3v) is 3.81. The van der Waals surface area contributed by atoms with E-state index in [-0.39, 0.29) is 0 Å². The van der Waals surface area contributed by atoms with E-state index in [1.165, 1.54) is 16.7 Å². The second kappa shape index (κ2) is 4.75. The van der Waals surface area contributed by atoms with Crippen LogP contribution in [0.25, 0.3) is 0 Å². The standard InChI is InChI=1S/C17H19N2O/c1-11-8-13(3)17-15(9-11)18-19(10-20-17)16-7-5-6-12(2)14(16)4/h5-9H,10H2,1-4H3/q+1. The Morgan fingerprint density at radius 1 is 1.05 bits per heavy atom. The summed E-state index contributed by atoms with van der Waals surface area (Å²) in [5.41, 5.74) is 6.88. The predicted molar refractivity (Wildman–Crippen MR) is 79.3 cm³/mol. The maximum absolute atomic E-state index is 5.90. The minimum Gasteiger partial charge on any atom is -0.431 e. The van der Waals surface area contributed by atoms with Crippen molar-refractivity contribution >= 4 is 11.4 Å². The number of benzene rings is 2. The predicted octanol–water partition coefficient (Wildman–Crippen LogP) is 4.70. The molecule has 3 nitrogen and oxygen atoms in total. The van der Waals surface area contributed by atoms with Crippen LogP contribution in [0.2, 0.25) is 0 Å². The van der Waals surface area contributed by atoms with Crippen LogP contribution in [0, 0.1) is 27.7 Å². The van der Waals surface area contributed by atoms with Gasteiger partial charge < -0.3 is 4.74 Å². The molecule has 0 N–H and O–H groups in total. The van der Waals surface area contributed by atoms with Crippen LogP contribution in [0.3, 0.4) is 0 Å². The van der Waals surface area contributed by atoms with E-state index in [1.54, 1.807) is 0 Å². The van der Waals surface area contributed by atoms with Gasteiger partial charge in [0.05, 0.1) is 0 Å². The number of nitrogens with zero attached hydrogens (tertiary/aromatic N) is 2. The Morgan fingerprint density at radius 2 is 1.85 bits per heavy atom. The maximum atomic E-state index is 5.90. The number of hydrogen-bond acceptors (Lipinski definition) is 2. The molecule has 102 valence electrons. The fourth-order valence-electron chi connectivity index (χ4n) is 2.62. The summed E-state index contributed by atoms with van der Waals surface area (Å²) in [5, 5.41) is 4.75. The Balaban J connectivity index is 2.13. The molecule has 0 aliphatic carbocycles. The van der Waals surface area contributed by atoms with Gasteiger partial charge in [-0.05, 0) is 55.1 Å². The Kier molecular flexibility index (Phi) is 3.05. The molecule has 0 amide bonds. The lowest BCUT2D eigenvalue weighted by Gasteiger charge is -2.15. The van der Waals surface area contributed by atoms with Gasteiger partial charge in [-0.1, -0.05) is 18.2 Å². The molecule has 0 spiro atoms. The molecule has 3 rings (SSSR count). The number of ether oxygens (including phenoxy) is 1. The van der Waals surface area contributed by atoms with Crippen molar-refractivity contribution in [3.8, 4) is 5.75 Å². The van der Waals surface area contributed by atoms with E-state index in [4.69, 9.17) is 9.85 Å². The van der Waals surface area contributed by atoms with Crippen molar-refractivity contribution in [1.82, 2.24) is 0 Å². The Labute approximate surface area is 119 Å². The zero-order chi connectivity index (χ0) is 14.3. The van der Waals surface area contributed by atoms with E-state index in [0.717, 1.165) is 22.7 Å². The topological polar surface area (TPSA) is 24.6 Å². The normalized spacial score (nSPS) is 13.5. The highest BCUT2D eigenvalue weighted by molar-refractivity contribution is 5.57. The van der Waals surface area contributed by atoms with Crippen LogP contribution in [-0.4, -0.2) is 11.4 Å². The number of hydrogen-bond donors (Lipinski definition) is 0. The molecule has 20 heavy (non-hydrogen) atoms. The summed E-state index contributed by atoms with van der Waals surface area (Å²) in [5.74, 6) is 0.900. The third-order valence-electron chi connectivity index (χ3n) is 3.81. The van der Waals surface area contributed by atoms with Crippen molar-refractivity contribution in [1.29, 1.82) is 0 Å². The summed E-state index contributed by atoms with van der Waals surface area (Å²) in [6, 6.07) is 10.5. The first-order valence-corrected chi connectivity index (χ1v) is 6.85. The van der Waals surface area contributed by atoms with Gasteiger partial charge in [0, 0.05) is 16.7 Å². The molecule has 2 aromatic rings. The van der Waals surface area contributed by atoms with E-state index in [2.05, 4.69) is 58.0 Å². The van der Waals surface area contributed by atoms with Gasteiger partial charge >= 0.3 is 6.73 Å². The molecule has 1 aliphatic heterocycles. The van der Waals surface area contributed by atoms with Gasteiger partial charge in [0.25, 0.3) is 0 Å². The van der Waals surface area contributed by atoms with Crippen LogP contribution >= 0.6 is 0 Å². The second-order valence-corrected chi connectivity index (χ2v) is 5.42. The summed E-state index contributed by atoms with van der Waals surface area (Å²) in [6.45, 7) is 8.85. The molecule has 0 saturated carbocycles. The summed E-state index contributed by atoms with van der Waals surface area (Å²) in [7, 11) is 0. The molecule has 0 aromatic heterocycles. The highest BCUT2D eigenvalue weighted by atomic mass is 16.5. The van der Waals surface area contributed by atoms with E-state index < -0.39 is 0 Å². The van der Waals surface area contributed by atoms with E-state index in [0.29, 0.717) is 6.73 Å². The number of fused-ring (bicyclic) bond motifs is 1. The van der Waals surface area contributed by atoms with Gasteiger partial charge in [0.15, 0.2) is 11.4 Å². The van der Waals surface area contributed by atoms with E-state index >= 15 is 0 Å². The van der Waals surface area contributed by atoms with E-state index in [1.807, 2.05) is 4.70 Å². The Hall–Kier alpha value is -2.16. The minimum atomic E-state index is 0.460. The summed E-state index contributed by atoms with van der Waals surface area (Å²) < 4.78 is 7.84. The molecular formula is C17H19N2O+. The van der Waals surface area contributed by atoms with Crippen molar-refractivity contribution in [2.45, 2.75) is 27.7 Å². The van der Waals surface area contributed by atoms with Crippen molar-refractivity contribution in [2.24, 2.45) is 5.11 Å². The molecule has 0 atom stereocenters. The van der Waals surface area contributed by atoms with Crippen LogP contribution in [0.5, 0.6) is 5.75 Å². The minimum absolute atomic E-state index is 0.460. The first-order chi connectivity index (χ1) is 9.56. The van der Waals surface area contributed by atoms with Crippen molar-refractivity contribution in [3.05, 3.63) is 52.6 Å².